The van der Waals surface area contributed by atoms with E-state index in [0.717, 1.165) is 6.08 Å². The van der Waals surface area contributed by atoms with Crippen LogP contribution < -0.4 is 15.6 Å². The van der Waals surface area contributed by atoms with Crippen molar-refractivity contribution < 1.29 is 9.53 Å². The molecular weight excluding hydrogens is 546 g/mol. The van der Waals surface area contributed by atoms with Crippen molar-refractivity contribution in [1.82, 2.24) is 9.38 Å². The number of hydrogen-bond acceptors (Lipinski definition) is 5. The number of fused-ring (bicyclic) bond motifs is 1. The Kier molecular flexibility index (Phi) is 7.53. The van der Waals surface area contributed by atoms with Gasteiger partial charge in [-0.25, -0.2) is 0 Å². The van der Waals surface area contributed by atoms with Gasteiger partial charge in [0.2, 0.25) is 5.88 Å². The number of nitriles is 1. The third-order valence-corrected chi connectivity index (χ3v) is 6.35. The molecule has 0 atom stereocenters. The number of aryl methyl sites for hydroxylation is 1. The molecule has 1 amide bonds. The maximum absolute atomic E-state index is 13.4. The van der Waals surface area contributed by atoms with Crippen molar-refractivity contribution in [3.63, 3.8) is 0 Å². The maximum atomic E-state index is 13.4. The lowest BCUT2D eigenvalue weighted by atomic mass is 10.1. The van der Waals surface area contributed by atoms with E-state index in [-0.39, 0.29) is 37.9 Å². The Labute approximate surface area is 225 Å². The van der Waals surface area contributed by atoms with Gasteiger partial charge in [0, 0.05) is 11.2 Å². The van der Waals surface area contributed by atoms with Crippen LogP contribution in [-0.2, 0) is 4.79 Å². The molecule has 11 heteroatoms. The van der Waals surface area contributed by atoms with Crippen molar-refractivity contribution in [3.8, 4) is 17.7 Å². The number of benzene rings is 2. The summed E-state index contributed by atoms with van der Waals surface area (Å²) in [7, 11) is 0. The molecule has 2 aromatic heterocycles. The molecule has 4 aromatic rings. The van der Waals surface area contributed by atoms with E-state index in [2.05, 4.69) is 10.3 Å². The summed E-state index contributed by atoms with van der Waals surface area (Å²) in [5.41, 5.74) is 0.117. The van der Waals surface area contributed by atoms with Crippen LogP contribution in [0.3, 0.4) is 0 Å². The fourth-order valence-electron chi connectivity index (χ4n) is 3.24. The van der Waals surface area contributed by atoms with Gasteiger partial charge >= 0.3 is 0 Å². The first-order chi connectivity index (χ1) is 17.2. The summed E-state index contributed by atoms with van der Waals surface area (Å²) in [5.74, 6) is -0.792. The lowest BCUT2D eigenvalue weighted by molar-refractivity contribution is -0.112. The second-order valence-electron chi connectivity index (χ2n) is 7.42. The molecule has 0 spiro atoms. The van der Waals surface area contributed by atoms with E-state index >= 15 is 0 Å². The molecule has 0 aliphatic carbocycles. The predicted molar refractivity (Wildman–Crippen MR) is 141 cm³/mol. The number of amides is 1. The Morgan fingerprint density at radius 3 is 2.61 bits per heavy atom. The van der Waals surface area contributed by atoms with Gasteiger partial charge in [-0.3, -0.25) is 14.0 Å². The van der Waals surface area contributed by atoms with Crippen molar-refractivity contribution in [1.29, 1.82) is 5.26 Å². The topological polar surface area (TPSA) is 96.5 Å². The third kappa shape index (κ3) is 5.18. The molecule has 2 heterocycles. The highest BCUT2D eigenvalue weighted by Gasteiger charge is 2.20. The van der Waals surface area contributed by atoms with Crippen molar-refractivity contribution in [2.24, 2.45) is 0 Å². The largest absolute Gasteiger partial charge is 0.437 e. The lowest BCUT2D eigenvalue weighted by Gasteiger charge is -2.12. The van der Waals surface area contributed by atoms with E-state index in [9.17, 15) is 14.9 Å². The molecule has 0 bridgehead atoms. The smallest absolute Gasteiger partial charge is 0.269 e. The third-order valence-electron chi connectivity index (χ3n) is 5.00. The second-order valence-corrected chi connectivity index (χ2v) is 9.05. The number of hydrogen-bond donors (Lipinski definition) is 1. The SMILES string of the molecule is Cc1cccn2c(=O)c(/C=C(/C#N)C(=O)Nc3cccc(Cl)c3Cl)c(Oc3ccc(Cl)cc3Cl)nc12. The first-order valence-electron chi connectivity index (χ1n) is 10.2. The molecule has 1 N–H and O–H groups in total. The van der Waals surface area contributed by atoms with Gasteiger partial charge in [0.15, 0.2) is 0 Å². The highest BCUT2D eigenvalue weighted by atomic mass is 35.5. The molecule has 0 unspecified atom stereocenters. The summed E-state index contributed by atoms with van der Waals surface area (Å²) in [6.07, 6.45) is 2.61. The number of nitrogens with zero attached hydrogens (tertiary/aromatic N) is 3. The van der Waals surface area contributed by atoms with Gasteiger partial charge < -0.3 is 10.1 Å². The number of halogens is 4. The molecule has 180 valence electrons. The fraction of sp³-hybridized carbons (Fsp3) is 0.0400. The van der Waals surface area contributed by atoms with Crippen LogP contribution in [0.2, 0.25) is 20.1 Å². The minimum absolute atomic E-state index is 0.106. The van der Waals surface area contributed by atoms with Crippen LogP contribution in [0.4, 0.5) is 5.69 Å². The molecule has 0 saturated carbocycles. The molecule has 0 saturated heterocycles. The normalized spacial score (nSPS) is 11.3. The van der Waals surface area contributed by atoms with Crippen LogP contribution in [-0.4, -0.2) is 15.3 Å². The molecule has 0 aliphatic heterocycles. The average molecular weight is 560 g/mol. The molecule has 2 aromatic carbocycles. The Bertz CT molecular complexity index is 1660. The van der Waals surface area contributed by atoms with E-state index in [1.807, 2.05) is 0 Å². The fourth-order valence-corrected chi connectivity index (χ4v) is 4.03. The molecule has 0 radical (unpaired) electrons. The van der Waals surface area contributed by atoms with Gasteiger partial charge in [-0.2, -0.15) is 10.2 Å². The summed E-state index contributed by atoms with van der Waals surface area (Å²) in [5, 5.41) is 13.1. The number of carbonyl (C=O) groups is 1. The molecule has 36 heavy (non-hydrogen) atoms. The van der Waals surface area contributed by atoms with Crippen molar-refractivity contribution >= 4 is 69.7 Å². The summed E-state index contributed by atoms with van der Waals surface area (Å²) in [6, 6.07) is 14.4. The zero-order valence-electron chi connectivity index (χ0n) is 18.4. The summed E-state index contributed by atoms with van der Waals surface area (Å²) in [4.78, 5) is 30.8. The van der Waals surface area contributed by atoms with E-state index in [1.54, 1.807) is 43.3 Å². The Morgan fingerprint density at radius 2 is 1.89 bits per heavy atom. The van der Waals surface area contributed by atoms with Crippen molar-refractivity contribution in [2.75, 3.05) is 5.32 Å². The first kappa shape index (κ1) is 25.5. The van der Waals surface area contributed by atoms with Gasteiger partial charge in [-0.1, -0.05) is 58.5 Å². The first-order valence-corrected chi connectivity index (χ1v) is 11.7. The van der Waals surface area contributed by atoms with Gasteiger partial charge in [0.05, 0.1) is 20.8 Å². The number of anilines is 1. The maximum Gasteiger partial charge on any atom is 0.269 e. The molecular formula is C25H14Cl4N4O3. The van der Waals surface area contributed by atoms with E-state index in [1.165, 1.54) is 28.8 Å². The summed E-state index contributed by atoms with van der Waals surface area (Å²) in [6.45, 7) is 1.78. The zero-order chi connectivity index (χ0) is 26.0. The quantitative estimate of drug-likeness (QED) is 0.211. The number of aromatic nitrogens is 2. The Balaban J connectivity index is 1.86. The minimum Gasteiger partial charge on any atom is -0.437 e. The van der Waals surface area contributed by atoms with Crippen LogP contribution in [0, 0.1) is 18.3 Å². The van der Waals surface area contributed by atoms with Gasteiger partial charge in [0.1, 0.15) is 28.6 Å². The molecule has 0 aliphatic rings. The lowest BCUT2D eigenvalue weighted by Crippen LogP contribution is -2.21. The number of ether oxygens (including phenoxy) is 1. The number of carbonyl (C=O) groups excluding carboxylic acids is 1. The van der Waals surface area contributed by atoms with Crippen LogP contribution in [0.25, 0.3) is 11.7 Å². The van der Waals surface area contributed by atoms with Gasteiger partial charge in [-0.05, 0) is 55.0 Å². The highest BCUT2D eigenvalue weighted by molar-refractivity contribution is 6.44. The molecule has 7 nitrogen and oxygen atoms in total. The average Bonchev–Trinajstić information content (AvgIpc) is 2.84. The van der Waals surface area contributed by atoms with Crippen molar-refractivity contribution in [3.05, 3.63) is 102 Å². The van der Waals surface area contributed by atoms with Crippen LogP contribution in [0.5, 0.6) is 11.6 Å². The van der Waals surface area contributed by atoms with E-state index < -0.39 is 17.0 Å². The number of nitrogens with one attached hydrogen (secondary N) is 1. The number of rotatable bonds is 5. The van der Waals surface area contributed by atoms with Crippen LogP contribution in [0.1, 0.15) is 11.1 Å². The number of pyridine rings is 1. The molecule has 0 fully saturated rings. The van der Waals surface area contributed by atoms with E-state index in [0.29, 0.717) is 16.2 Å². The van der Waals surface area contributed by atoms with Crippen molar-refractivity contribution in [2.45, 2.75) is 6.92 Å². The predicted octanol–water partition coefficient (Wildman–Crippen LogP) is 6.95. The second kappa shape index (κ2) is 10.6. The standard InChI is InChI=1S/C25H14Cl4N4O3/c1-13-4-3-9-33-22(13)32-24(36-20-8-7-15(26)11-18(20)28)16(25(33)35)10-14(12-30)23(34)31-19-6-2-5-17(27)21(19)29/h2-11H,1H3,(H,31,34)/b14-10-. The van der Waals surface area contributed by atoms with Gasteiger partial charge in [-0.15, -0.1) is 0 Å². The summed E-state index contributed by atoms with van der Waals surface area (Å²) < 4.78 is 7.17. The van der Waals surface area contributed by atoms with Crippen LogP contribution in [0.15, 0.2) is 65.1 Å². The highest BCUT2D eigenvalue weighted by Crippen LogP contribution is 2.33. The van der Waals surface area contributed by atoms with Gasteiger partial charge in [0.25, 0.3) is 11.5 Å². The molecule has 4 rings (SSSR count). The zero-order valence-corrected chi connectivity index (χ0v) is 21.4. The Morgan fingerprint density at radius 1 is 1.11 bits per heavy atom. The summed E-state index contributed by atoms with van der Waals surface area (Å²) >= 11 is 24.4. The monoisotopic (exact) mass is 558 g/mol. The minimum atomic E-state index is -0.814. The van der Waals surface area contributed by atoms with E-state index in [4.69, 9.17) is 51.1 Å². The van der Waals surface area contributed by atoms with Crippen LogP contribution >= 0.6 is 46.4 Å². The Hall–Kier alpha value is -3.54.